The SMILES string of the molecule is COc1ccc2[nH]c(C(=O)N3CCCC(C)(C(=O)O)C3)cc2c1. The van der Waals surface area contributed by atoms with Crippen LogP contribution in [0, 0.1) is 5.41 Å². The first-order valence-corrected chi connectivity index (χ1v) is 7.62. The van der Waals surface area contributed by atoms with Crippen LogP contribution in [0.1, 0.15) is 30.3 Å². The lowest BCUT2D eigenvalue weighted by Crippen LogP contribution is -2.48. The van der Waals surface area contributed by atoms with Gasteiger partial charge in [-0.15, -0.1) is 0 Å². The number of carbonyl (C=O) groups excluding carboxylic acids is 1. The standard InChI is InChI=1S/C17H20N2O4/c1-17(16(21)22)6-3-7-19(10-17)15(20)14-9-11-8-12(23-2)4-5-13(11)18-14/h4-5,8-9,18H,3,6-7,10H2,1-2H3,(H,21,22). The molecule has 6 nitrogen and oxygen atoms in total. The van der Waals surface area contributed by atoms with E-state index in [9.17, 15) is 14.7 Å². The molecule has 0 saturated carbocycles. The maximum atomic E-state index is 12.7. The fourth-order valence-electron chi connectivity index (χ4n) is 3.11. The smallest absolute Gasteiger partial charge is 0.311 e. The van der Waals surface area contributed by atoms with Gasteiger partial charge in [-0.2, -0.15) is 0 Å². The molecule has 2 N–H and O–H groups in total. The average Bonchev–Trinajstić information content (AvgIpc) is 2.96. The molecule has 3 rings (SSSR count). The lowest BCUT2D eigenvalue weighted by Gasteiger charge is -2.37. The van der Waals surface area contributed by atoms with Crippen molar-refractivity contribution in [2.24, 2.45) is 5.41 Å². The number of likely N-dealkylation sites (tertiary alicyclic amines) is 1. The number of methoxy groups -OCH3 is 1. The Morgan fingerprint density at radius 3 is 2.83 bits per heavy atom. The molecule has 0 bridgehead atoms. The topological polar surface area (TPSA) is 82.6 Å². The van der Waals surface area contributed by atoms with E-state index in [2.05, 4.69) is 4.98 Å². The van der Waals surface area contributed by atoms with Gasteiger partial charge in [-0.1, -0.05) is 0 Å². The van der Waals surface area contributed by atoms with Crippen LogP contribution in [0.3, 0.4) is 0 Å². The quantitative estimate of drug-likeness (QED) is 0.911. The minimum atomic E-state index is -0.872. The second kappa shape index (κ2) is 5.61. The highest BCUT2D eigenvalue weighted by Gasteiger charge is 2.39. The van der Waals surface area contributed by atoms with E-state index in [1.54, 1.807) is 25.0 Å². The molecule has 1 atom stereocenters. The molecular formula is C17H20N2O4. The minimum Gasteiger partial charge on any atom is -0.497 e. The van der Waals surface area contributed by atoms with E-state index in [0.717, 1.165) is 16.7 Å². The summed E-state index contributed by atoms with van der Waals surface area (Å²) >= 11 is 0. The molecule has 23 heavy (non-hydrogen) atoms. The largest absolute Gasteiger partial charge is 0.497 e. The zero-order valence-corrected chi connectivity index (χ0v) is 13.3. The summed E-state index contributed by atoms with van der Waals surface area (Å²) < 4.78 is 5.19. The molecule has 1 saturated heterocycles. The molecule has 1 aliphatic rings. The molecule has 2 aromatic rings. The molecule has 6 heteroatoms. The Labute approximate surface area is 134 Å². The highest BCUT2D eigenvalue weighted by atomic mass is 16.5. The Morgan fingerprint density at radius 1 is 1.35 bits per heavy atom. The van der Waals surface area contributed by atoms with Crippen molar-refractivity contribution in [2.75, 3.05) is 20.2 Å². The number of H-pyrrole nitrogens is 1. The van der Waals surface area contributed by atoms with Gasteiger partial charge >= 0.3 is 5.97 Å². The van der Waals surface area contributed by atoms with Crippen molar-refractivity contribution in [1.82, 2.24) is 9.88 Å². The van der Waals surface area contributed by atoms with Gasteiger partial charge in [0.05, 0.1) is 12.5 Å². The summed E-state index contributed by atoms with van der Waals surface area (Å²) in [6.07, 6.45) is 1.29. The van der Waals surface area contributed by atoms with Crippen molar-refractivity contribution in [1.29, 1.82) is 0 Å². The summed E-state index contributed by atoms with van der Waals surface area (Å²) in [6, 6.07) is 7.34. The summed E-state index contributed by atoms with van der Waals surface area (Å²) in [6.45, 7) is 2.52. The zero-order chi connectivity index (χ0) is 16.6. The third-order valence-corrected chi connectivity index (χ3v) is 4.56. The van der Waals surface area contributed by atoms with Gasteiger partial charge in [-0.3, -0.25) is 9.59 Å². The molecule has 1 fully saturated rings. The Bertz CT molecular complexity index is 767. The number of benzene rings is 1. The second-order valence-corrected chi connectivity index (χ2v) is 6.33. The van der Waals surface area contributed by atoms with Crippen LogP contribution in [-0.2, 0) is 4.79 Å². The van der Waals surface area contributed by atoms with Crippen LogP contribution in [0.15, 0.2) is 24.3 Å². The third kappa shape index (κ3) is 2.76. The zero-order valence-electron chi connectivity index (χ0n) is 13.3. The molecule has 1 aromatic carbocycles. The van der Waals surface area contributed by atoms with Crippen LogP contribution in [0.5, 0.6) is 5.75 Å². The van der Waals surface area contributed by atoms with E-state index >= 15 is 0 Å². The lowest BCUT2D eigenvalue weighted by molar-refractivity contribution is -0.150. The monoisotopic (exact) mass is 316 g/mol. The van der Waals surface area contributed by atoms with Gasteiger partial charge in [0.2, 0.25) is 0 Å². The fourth-order valence-corrected chi connectivity index (χ4v) is 3.11. The number of rotatable bonds is 3. The van der Waals surface area contributed by atoms with Gasteiger partial charge in [-0.25, -0.2) is 0 Å². The van der Waals surface area contributed by atoms with Gasteiger partial charge in [-0.05, 0) is 44.0 Å². The number of aromatic nitrogens is 1. The first-order chi connectivity index (χ1) is 10.9. The first-order valence-electron chi connectivity index (χ1n) is 7.62. The third-order valence-electron chi connectivity index (χ3n) is 4.56. The van der Waals surface area contributed by atoms with Crippen molar-refractivity contribution in [2.45, 2.75) is 19.8 Å². The average molecular weight is 316 g/mol. The molecule has 122 valence electrons. The summed E-state index contributed by atoms with van der Waals surface area (Å²) in [4.78, 5) is 28.9. The molecule has 1 amide bonds. The number of hydrogen-bond donors (Lipinski definition) is 2. The number of ether oxygens (including phenoxy) is 1. The number of aliphatic carboxylic acids is 1. The van der Waals surface area contributed by atoms with Crippen LogP contribution in [-0.4, -0.2) is 47.1 Å². The van der Waals surface area contributed by atoms with Crippen LogP contribution < -0.4 is 4.74 Å². The van der Waals surface area contributed by atoms with Crippen LogP contribution >= 0.6 is 0 Å². The summed E-state index contributed by atoms with van der Waals surface area (Å²) in [5.74, 6) is -0.282. The van der Waals surface area contributed by atoms with E-state index in [4.69, 9.17) is 4.74 Å². The summed E-state index contributed by atoms with van der Waals surface area (Å²) in [5, 5.41) is 10.3. The number of carbonyl (C=O) groups is 2. The number of nitrogens with one attached hydrogen (secondary N) is 1. The molecule has 1 unspecified atom stereocenters. The first kappa shape index (κ1) is 15.4. The minimum absolute atomic E-state index is 0.160. The second-order valence-electron chi connectivity index (χ2n) is 6.33. The highest BCUT2D eigenvalue weighted by molar-refractivity contribution is 5.98. The van der Waals surface area contributed by atoms with Crippen molar-refractivity contribution >= 4 is 22.8 Å². The van der Waals surface area contributed by atoms with E-state index in [0.29, 0.717) is 25.1 Å². The molecule has 0 radical (unpaired) electrons. The molecule has 1 aliphatic heterocycles. The Kier molecular flexibility index (Phi) is 3.75. The van der Waals surface area contributed by atoms with Crippen molar-refractivity contribution in [3.63, 3.8) is 0 Å². The van der Waals surface area contributed by atoms with Gasteiger partial charge < -0.3 is 19.7 Å². The molecule has 0 aliphatic carbocycles. The van der Waals surface area contributed by atoms with E-state index < -0.39 is 11.4 Å². The molecule has 1 aromatic heterocycles. The Hall–Kier alpha value is -2.50. The highest BCUT2D eigenvalue weighted by Crippen LogP contribution is 2.31. The van der Waals surface area contributed by atoms with E-state index in [1.807, 2.05) is 18.2 Å². The van der Waals surface area contributed by atoms with Gasteiger partial charge in [0.1, 0.15) is 11.4 Å². The lowest BCUT2D eigenvalue weighted by atomic mass is 9.82. The number of hydrogen-bond acceptors (Lipinski definition) is 3. The van der Waals surface area contributed by atoms with E-state index in [-0.39, 0.29) is 12.5 Å². The van der Waals surface area contributed by atoms with Gasteiger partial charge in [0.15, 0.2) is 0 Å². The number of fused-ring (bicyclic) bond motifs is 1. The van der Waals surface area contributed by atoms with E-state index in [1.165, 1.54) is 0 Å². The van der Waals surface area contributed by atoms with Gasteiger partial charge in [0.25, 0.3) is 5.91 Å². The number of aromatic amines is 1. The molecular weight excluding hydrogens is 296 g/mol. The van der Waals surface area contributed by atoms with Crippen LogP contribution in [0.4, 0.5) is 0 Å². The normalized spacial score (nSPS) is 21.4. The van der Waals surface area contributed by atoms with Crippen LogP contribution in [0.2, 0.25) is 0 Å². The maximum Gasteiger partial charge on any atom is 0.311 e. The Balaban J connectivity index is 1.86. The van der Waals surface area contributed by atoms with Gasteiger partial charge in [0, 0.05) is 24.0 Å². The summed E-state index contributed by atoms with van der Waals surface area (Å²) in [5.41, 5.74) is 0.457. The maximum absolute atomic E-state index is 12.7. The molecule has 2 heterocycles. The number of carboxylic acid groups (broad SMARTS) is 1. The predicted molar refractivity (Wildman–Crippen MR) is 85.7 cm³/mol. The summed E-state index contributed by atoms with van der Waals surface area (Å²) in [7, 11) is 1.60. The number of amides is 1. The van der Waals surface area contributed by atoms with Crippen LogP contribution in [0.25, 0.3) is 10.9 Å². The fraction of sp³-hybridized carbons (Fsp3) is 0.412. The number of carboxylic acids is 1. The predicted octanol–water partition coefficient (Wildman–Crippen LogP) is 2.50. The molecule has 0 spiro atoms. The van der Waals surface area contributed by atoms with Crippen molar-refractivity contribution < 1.29 is 19.4 Å². The van der Waals surface area contributed by atoms with Crippen molar-refractivity contribution in [3.05, 3.63) is 30.0 Å². The van der Waals surface area contributed by atoms with Crippen molar-refractivity contribution in [3.8, 4) is 5.75 Å². The number of piperidine rings is 1. The Morgan fingerprint density at radius 2 is 2.13 bits per heavy atom. The number of nitrogens with zero attached hydrogens (tertiary/aromatic N) is 1.